The van der Waals surface area contributed by atoms with Crippen LogP contribution < -0.4 is 10.5 Å². The lowest BCUT2D eigenvalue weighted by Gasteiger charge is -2.35. The fourth-order valence-electron chi connectivity index (χ4n) is 3.42. The van der Waals surface area contributed by atoms with E-state index in [1.165, 1.54) is 0 Å². The first-order valence-electron chi connectivity index (χ1n) is 9.33. The highest BCUT2D eigenvalue weighted by molar-refractivity contribution is 5.95. The molecule has 1 aliphatic rings. The number of methoxy groups -OCH3 is 1. The van der Waals surface area contributed by atoms with Crippen molar-refractivity contribution in [3.05, 3.63) is 54.0 Å². The Morgan fingerprint density at radius 2 is 2.00 bits per heavy atom. The van der Waals surface area contributed by atoms with Crippen LogP contribution >= 0.6 is 0 Å². The number of rotatable bonds is 5. The van der Waals surface area contributed by atoms with E-state index in [0.29, 0.717) is 34.9 Å². The number of ether oxygens (including phenoxy) is 2. The van der Waals surface area contributed by atoms with Gasteiger partial charge >= 0.3 is 0 Å². The molecule has 152 valence electrons. The van der Waals surface area contributed by atoms with Crippen LogP contribution in [0.5, 0.6) is 5.75 Å². The highest BCUT2D eigenvalue weighted by Crippen LogP contribution is 2.31. The SMILES string of the molecule is COc1cccc2c(-c3cn(Cc4cccc(C5(O)COC5)n4)nn3)nc(N)nc12. The molecule has 30 heavy (non-hydrogen) atoms. The maximum absolute atomic E-state index is 10.4. The first kappa shape index (κ1) is 18.4. The molecule has 0 unspecified atom stereocenters. The van der Waals surface area contributed by atoms with Crippen LogP contribution in [0.15, 0.2) is 42.6 Å². The minimum absolute atomic E-state index is 0.127. The largest absolute Gasteiger partial charge is 0.494 e. The molecule has 3 aromatic heterocycles. The van der Waals surface area contributed by atoms with Crippen LogP contribution in [0.1, 0.15) is 11.4 Å². The number of benzene rings is 1. The van der Waals surface area contributed by atoms with E-state index in [4.69, 9.17) is 15.2 Å². The average molecular weight is 405 g/mol. The van der Waals surface area contributed by atoms with Gasteiger partial charge in [-0.15, -0.1) is 5.10 Å². The Balaban J connectivity index is 1.48. The zero-order chi connectivity index (χ0) is 20.7. The van der Waals surface area contributed by atoms with Gasteiger partial charge in [-0.05, 0) is 18.2 Å². The van der Waals surface area contributed by atoms with Gasteiger partial charge in [-0.25, -0.2) is 14.6 Å². The number of hydrogen-bond donors (Lipinski definition) is 2. The Morgan fingerprint density at radius 3 is 2.77 bits per heavy atom. The average Bonchev–Trinajstić information content (AvgIpc) is 3.19. The van der Waals surface area contributed by atoms with Crippen molar-refractivity contribution in [1.82, 2.24) is 29.9 Å². The summed E-state index contributed by atoms with van der Waals surface area (Å²) >= 11 is 0. The maximum atomic E-state index is 10.4. The molecule has 0 amide bonds. The Labute approximate surface area is 171 Å². The third-order valence-corrected chi connectivity index (χ3v) is 5.00. The number of aromatic nitrogens is 6. The smallest absolute Gasteiger partial charge is 0.221 e. The van der Waals surface area contributed by atoms with E-state index in [9.17, 15) is 5.11 Å². The standard InChI is InChI=1S/C20H19N7O3/c1-29-15-6-3-5-13-17(23-19(21)24-18(13)15)14-9-27(26-25-14)8-12-4-2-7-16(22-12)20(28)10-30-11-20/h2-7,9,28H,8,10-11H2,1H3,(H2,21,23,24). The maximum Gasteiger partial charge on any atom is 0.221 e. The minimum atomic E-state index is -1.01. The van der Waals surface area contributed by atoms with E-state index < -0.39 is 5.60 Å². The summed E-state index contributed by atoms with van der Waals surface area (Å²) in [6.07, 6.45) is 1.77. The fourth-order valence-corrected chi connectivity index (χ4v) is 3.42. The molecule has 0 spiro atoms. The van der Waals surface area contributed by atoms with Crippen molar-refractivity contribution in [3.8, 4) is 17.1 Å². The summed E-state index contributed by atoms with van der Waals surface area (Å²) < 4.78 is 12.2. The summed E-state index contributed by atoms with van der Waals surface area (Å²) in [7, 11) is 1.58. The van der Waals surface area contributed by atoms with Crippen molar-refractivity contribution in [2.45, 2.75) is 12.1 Å². The Kier molecular flexibility index (Phi) is 4.30. The van der Waals surface area contributed by atoms with E-state index in [-0.39, 0.29) is 19.2 Å². The lowest BCUT2D eigenvalue weighted by Crippen LogP contribution is -2.47. The Morgan fingerprint density at radius 1 is 1.17 bits per heavy atom. The second-order valence-electron chi connectivity index (χ2n) is 7.13. The molecule has 0 saturated carbocycles. The number of aliphatic hydroxyl groups is 1. The van der Waals surface area contributed by atoms with Crippen LogP contribution in [0.4, 0.5) is 5.95 Å². The third kappa shape index (κ3) is 3.11. The van der Waals surface area contributed by atoms with E-state index in [0.717, 1.165) is 11.1 Å². The Hall–Kier alpha value is -3.63. The molecule has 4 heterocycles. The van der Waals surface area contributed by atoms with Crippen LogP contribution in [0.2, 0.25) is 0 Å². The van der Waals surface area contributed by atoms with Gasteiger partial charge in [0.1, 0.15) is 22.7 Å². The van der Waals surface area contributed by atoms with Gasteiger partial charge in [0, 0.05) is 5.39 Å². The van der Waals surface area contributed by atoms with Crippen LogP contribution in [0.3, 0.4) is 0 Å². The Bertz CT molecular complexity index is 1240. The van der Waals surface area contributed by atoms with Crippen molar-refractivity contribution in [2.24, 2.45) is 0 Å². The number of anilines is 1. The quantitative estimate of drug-likeness (QED) is 0.501. The summed E-state index contributed by atoms with van der Waals surface area (Å²) in [6, 6.07) is 11.1. The van der Waals surface area contributed by atoms with E-state index in [1.807, 2.05) is 30.3 Å². The van der Waals surface area contributed by atoms with Crippen molar-refractivity contribution in [2.75, 3.05) is 26.1 Å². The van der Waals surface area contributed by atoms with Crippen LogP contribution in [-0.4, -0.2) is 55.4 Å². The fraction of sp³-hybridized carbons (Fsp3) is 0.250. The second kappa shape index (κ2) is 7.01. The molecule has 4 aromatic rings. The molecule has 0 aliphatic carbocycles. The molecule has 3 N–H and O–H groups in total. The normalized spacial score (nSPS) is 15.1. The molecule has 0 radical (unpaired) electrons. The van der Waals surface area contributed by atoms with Crippen molar-refractivity contribution in [1.29, 1.82) is 0 Å². The first-order valence-corrected chi connectivity index (χ1v) is 9.33. The molecule has 1 fully saturated rings. The summed E-state index contributed by atoms with van der Waals surface area (Å²) in [6.45, 7) is 0.894. The number of nitrogens with zero attached hydrogens (tertiary/aromatic N) is 6. The van der Waals surface area contributed by atoms with Crippen molar-refractivity contribution >= 4 is 16.9 Å². The predicted molar refractivity (Wildman–Crippen MR) is 108 cm³/mol. The third-order valence-electron chi connectivity index (χ3n) is 5.00. The number of pyridine rings is 1. The predicted octanol–water partition coefficient (Wildman–Crippen LogP) is 1.14. The van der Waals surface area contributed by atoms with E-state index >= 15 is 0 Å². The van der Waals surface area contributed by atoms with Gasteiger partial charge in [-0.1, -0.05) is 23.4 Å². The first-order chi connectivity index (χ1) is 14.6. The van der Waals surface area contributed by atoms with Crippen molar-refractivity contribution < 1.29 is 14.6 Å². The zero-order valence-electron chi connectivity index (χ0n) is 16.2. The molecule has 5 rings (SSSR count). The van der Waals surface area contributed by atoms with Crippen LogP contribution in [0.25, 0.3) is 22.3 Å². The topological polar surface area (TPSA) is 134 Å². The number of para-hydroxylation sites is 1. The summed E-state index contributed by atoms with van der Waals surface area (Å²) in [4.78, 5) is 13.2. The molecule has 0 atom stereocenters. The molecular formula is C20H19N7O3. The van der Waals surface area contributed by atoms with Gasteiger partial charge in [0.25, 0.3) is 0 Å². The number of hydrogen-bond acceptors (Lipinski definition) is 9. The number of fused-ring (bicyclic) bond motifs is 1. The zero-order valence-corrected chi connectivity index (χ0v) is 16.2. The van der Waals surface area contributed by atoms with E-state index in [1.54, 1.807) is 24.1 Å². The summed E-state index contributed by atoms with van der Waals surface area (Å²) in [5.74, 6) is 0.732. The summed E-state index contributed by atoms with van der Waals surface area (Å²) in [5.41, 5.74) is 7.99. The van der Waals surface area contributed by atoms with Crippen LogP contribution in [0, 0.1) is 0 Å². The van der Waals surface area contributed by atoms with E-state index in [2.05, 4.69) is 25.3 Å². The van der Waals surface area contributed by atoms with Crippen LogP contribution in [-0.2, 0) is 16.9 Å². The molecule has 0 bridgehead atoms. The van der Waals surface area contributed by atoms with Crippen molar-refractivity contribution in [3.63, 3.8) is 0 Å². The number of nitrogens with two attached hydrogens (primary N) is 1. The lowest BCUT2D eigenvalue weighted by atomic mass is 9.97. The number of nitrogen functional groups attached to an aromatic ring is 1. The van der Waals surface area contributed by atoms with Gasteiger partial charge in [0.2, 0.25) is 5.95 Å². The molecule has 1 saturated heterocycles. The van der Waals surface area contributed by atoms with Gasteiger partial charge in [0.15, 0.2) is 5.60 Å². The monoisotopic (exact) mass is 405 g/mol. The van der Waals surface area contributed by atoms with Gasteiger partial charge < -0.3 is 20.3 Å². The van der Waals surface area contributed by atoms with Gasteiger partial charge in [-0.2, -0.15) is 0 Å². The molecule has 1 aliphatic heterocycles. The van der Waals surface area contributed by atoms with Gasteiger partial charge in [-0.3, -0.25) is 4.98 Å². The molecular weight excluding hydrogens is 386 g/mol. The highest BCUT2D eigenvalue weighted by atomic mass is 16.5. The molecule has 10 heteroatoms. The molecule has 1 aromatic carbocycles. The second-order valence-corrected chi connectivity index (χ2v) is 7.13. The lowest BCUT2D eigenvalue weighted by molar-refractivity contribution is -0.186. The van der Waals surface area contributed by atoms with Gasteiger partial charge in [0.05, 0.1) is 44.5 Å². The molecule has 10 nitrogen and oxygen atoms in total. The highest BCUT2D eigenvalue weighted by Gasteiger charge is 2.39. The summed E-state index contributed by atoms with van der Waals surface area (Å²) in [5, 5.41) is 19.7. The minimum Gasteiger partial charge on any atom is -0.494 e.